The summed E-state index contributed by atoms with van der Waals surface area (Å²) in [5, 5.41) is 12.4. The third-order valence-electron chi connectivity index (χ3n) is 10.4. The lowest BCUT2D eigenvalue weighted by Crippen LogP contribution is -2.36. The second-order valence-electron chi connectivity index (χ2n) is 15.5. The van der Waals surface area contributed by atoms with Crippen molar-refractivity contribution >= 4 is 57.2 Å². The summed E-state index contributed by atoms with van der Waals surface area (Å²) >= 11 is 8.93. The Morgan fingerprint density at radius 2 is 1.82 bits per heavy atom. The Kier molecular flexibility index (Phi) is 10.3. The third kappa shape index (κ3) is 7.22. The predicted octanol–water partition coefficient (Wildman–Crippen LogP) is 8.65. The Hall–Kier alpha value is -5.01. The monoisotopic (exact) mass is 795 g/mol. The summed E-state index contributed by atoms with van der Waals surface area (Å²) in [4.78, 5) is 35.1. The number of amides is 1. The van der Waals surface area contributed by atoms with Gasteiger partial charge in [0.05, 0.1) is 48.7 Å². The number of rotatable bonds is 1. The minimum atomic E-state index is -0.724. The van der Waals surface area contributed by atoms with E-state index < -0.39 is 17.7 Å². The van der Waals surface area contributed by atoms with Gasteiger partial charge in [-0.15, -0.1) is 11.8 Å². The number of halogens is 1. The Balaban J connectivity index is 1.32. The normalized spacial score (nSPS) is 15.2. The molecule has 6 aromatic rings. The number of hydrogen-bond acceptors (Lipinski definition) is 9. The highest BCUT2D eigenvalue weighted by Crippen LogP contribution is 2.44. The molecule has 1 amide bonds. The molecule has 0 saturated carbocycles. The van der Waals surface area contributed by atoms with E-state index in [1.165, 1.54) is 7.11 Å². The second-order valence-corrected chi connectivity index (χ2v) is 16.9. The average molecular weight is 796 g/mol. The van der Waals surface area contributed by atoms with Crippen molar-refractivity contribution in [3.05, 3.63) is 87.7 Å². The van der Waals surface area contributed by atoms with Crippen LogP contribution >= 0.6 is 23.4 Å². The summed E-state index contributed by atoms with van der Waals surface area (Å²) in [5.41, 5.74) is 7.34. The number of hydrogen-bond donors (Lipinski definition) is 0. The van der Waals surface area contributed by atoms with Gasteiger partial charge in [-0.3, -0.25) is 19.2 Å². The summed E-state index contributed by atoms with van der Waals surface area (Å²) in [5.74, 6) is 0.918. The van der Waals surface area contributed by atoms with Crippen molar-refractivity contribution in [2.75, 3.05) is 13.7 Å². The van der Waals surface area contributed by atoms with Gasteiger partial charge < -0.3 is 18.8 Å². The Morgan fingerprint density at radius 1 is 0.982 bits per heavy atom. The van der Waals surface area contributed by atoms with Crippen molar-refractivity contribution < 1.29 is 23.8 Å². The number of pyridine rings is 1. The van der Waals surface area contributed by atoms with E-state index in [9.17, 15) is 9.59 Å². The number of carbonyl (C=O) groups excluding carboxylic acids is 2. The van der Waals surface area contributed by atoms with Gasteiger partial charge in [-0.25, -0.2) is 9.59 Å². The largest absolute Gasteiger partial charge is 0.491 e. The maximum atomic E-state index is 14.1. The van der Waals surface area contributed by atoms with Crippen molar-refractivity contribution in [2.24, 2.45) is 14.1 Å². The summed E-state index contributed by atoms with van der Waals surface area (Å²) in [6.07, 6.45) is 5.28. The fraction of sp³-hybridized carbons (Fsp3) is 0.405. The van der Waals surface area contributed by atoms with Gasteiger partial charge in [0, 0.05) is 70.8 Å². The first-order chi connectivity index (χ1) is 26.9. The minimum Gasteiger partial charge on any atom is -0.491 e. The fourth-order valence-corrected chi connectivity index (χ4v) is 9.21. The first kappa shape index (κ1) is 37.9. The SMILES string of the molecule is COC(=O)c1c2c3ccc(Cl)c(c3n1C)-c1c(nn3c1CCCC3)CN(C(=O)OC(C)(C)C)Cc1cc(n(C)n1)CSc1cc(c3ncccc3c1)OCCC2. The highest BCUT2D eigenvalue weighted by molar-refractivity contribution is 7.98. The maximum Gasteiger partial charge on any atom is 0.410 e. The van der Waals surface area contributed by atoms with Crippen molar-refractivity contribution in [3.8, 4) is 16.9 Å². The number of thioether (sulfide) groups is 1. The molecule has 0 atom stereocenters. The van der Waals surface area contributed by atoms with Crippen LogP contribution in [0.3, 0.4) is 0 Å². The maximum absolute atomic E-state index is 14.1. The van der Waals surface area contributed by atoms with Gasteiger partial charge >= 0.3 is 12.1 Å². The van der Waals surface area contributed by atoms with E-state index in [1.807, 2.05) is 80.5 Å². The molecule has 2 aromatic carbocycles. The summed E-state index contributed by atoms with van der Waals surface area (Å²) in [6, 6.07) is 14.1. The summed E-state index contributed by atoms with van der Waals surface area (Å²) < 4.78 is 23.7. The first-order valence-electron chi connectivity index (χ1n) is 19.0. The Labute approximate surface area is 335 Å². The quantitative estimate of drug-likeness (QED) is 0.151. The fourth-order valence-electron chi connectivity index (χ4n) is 7.98. The number of aryl methyl sites for hydroxylation is 4. The van der Waals surface area contributed by atoms with Crippen LogP contribution in [0.15, 0.2) is 53.6 Å². The van der Waals surface area contributed by atoms with E-state index in [-0.39, 0.29) is 13.1 Å². The number of methoxy groups -OCH3 is 1. The topological polar surface area (TPSA) is 119 Å². The number of carbonyl (C=O) groups is 2. The summed E-state index contributed by atoms with van der Waals surface area (Å²) in [6.45, 7) is 7.11. The molecule has 2 aliphatic rings. The highest BCUT2D eigenvalue weighted by atomic mass is 35.5. The van der Waals surface area contributed by atoms with Gasteiger partial charge in [0.2, 0.25) is 0 Å². The zero-order valence-corrected chi connectivity index (χ0v) is 34.2. The van der Waals surface area contributed by atoms with Crippen molar-refractivity contribution in [2.45, 2.75) is 88.8 Å². The lowest BCUT2D eigenvalue weighted by atomic mass is 9.95. The van der Waals surface area contributed by atoms with Crippen molar-refractivity contribution in [1.82, 2.24) is 34.0 Å². The standard InChI is InChI=1S/C42H46ClN7O5S/c1-42(2,3)55-41(52)49-22-26-20-27(48(5)45-26)24-56-28-19-25-11-9-16-44-37(25)34(21-28)54-18-10-12-29-30-14-15-31(43)35(38(30)47(4)39(29)40(51)53-6)36-32(23-49)46-50-17-8-7-13-33(36)50/h9,11,14-16,19-21H,7-8,10,12-13,17-18,22-24H2,1-6H3. The Morgan fingerprint density at radius 3 is 2.62 bits per heavy atom. The number of nitrogens with zero attached hydrogens (tertiary/aromatic N) is 7. The first-order valence-corrected chi connectivity index (χ1v) is 20.4. The van der Waals surface area contributed by atoms with Crippen LogP contribution in [0, 0.1) is 0 Å². The van der Waals surface area contributed by atoms with Crippen LogP contribution < -0.4 is 4.74 Å². The van der Waals surface area contributed by atoms with E-state index in [0.29, 0.717) is 47.4 Å². The Bertz CT molecular complexity index is 2500. The van der Waals surface area contributed by atoms with Crippen LogP contribution in [0.5, 0.6) is 5.75 Å². The molecule has 0 radical (unpaired) electrons. The molecule has 56 heavy (non-hydrogen) atoms. The van der Waals surface area contributed by atoms with E-state index in [4.69, 9.17) is 36.0 Å². The van der Waals surface area contributed by atoms with Gasteiger partial charge in [-0.2, -0.15) is 10.2 Å². The molecule has 292 valence electrons. The van der Waals surface area contributed by atoms with Gasteiger partial charge in [-0.05, 0) is 88.8 Å². The second kappa shape index (κ2) is 15.2. The molecule has 0 fully saturated rings. The van der Waals surface area contributed by atoms with Crippen LogP contribution in [-0.4, -0.2) is 65.4 Å². The van der Waals surface area contributed by atoms with E-state index in [0.717, 1.165) is 86.3 Å². The van der Waals surface area contributed by atoms with E-state index >= 15 is 0 Å². The number of fused-ring (bicyclic) bond motifs is 10. The van der Waals surface area contributed by atoms with Gasteiger partial charge in [-0.1, -0.05) is 23.7 Å². The zero-order chi connectivity index (χ0) is 39.3. The number of ether oxygens (including phenoxy) is 3. The van der Waals surface area contributed by atoms with Crippen molar-refractivity contribution in [3.63, 3.8) is 0 Å². The third-order valence-corrected chi connectivity index (χ3v) is 11.8. The molecule has 8 rings (SSSR count). The smallest absolute Gasteiger partial charge is 0.410 e. The lowest BCUT2D eigenvalue weighted by Gasteiger charge is -2.27. The molecule has 0 aliphatic carbocycles. The lowest BCUT2D eigenvalue weighted by molar-refractivity contribution is 0.0211. The number of aromatic nitrogens is 6. The molecule has 0 N–H and O–H groups in total. The van der Waals surface area contributed by atoms with Crippen LogP contribution in [-0.2, 0) is 61.8 Å². The van der Waals surface area contributed by atoms with E-state index in [1.54, 1.807) is 22.9 Å². The van der Waals surface area contributed by atoms with Gasteiger partial charge in [0.15, 0.2) is 0 Å². The highest BCUT2D eigenvalue weighted by Gasteiger charge is 2.32. The molecule has 4 aromatic heterocycles. The van der Waals surface area contributed by atoms with E-state index in [2.05, 4.69) is 15.7 Å². The van der Waals surface area contributed by atoms with Crippen LogP contribution in [0.1, 0.15) is 78.9 Å². The van der Waals surface area contributed by atoms with Gasteiger partial charge in [0.25, 0.3) is 0 Å². The van der Waals surface area contributed by atoms with Crippen LogP contribution in [0.4, 0.5) is 4.79 Å². The average Bonchev–Trinajstić information content (AvgIpc) is 3.80. The zero-order valence-electron chi connectivity index (χ0n) is 32.6. The molecule has 8 bridgehead atoms. The predicted molar refractivity (Wildman–Crippen MR) is 217 cm³/mol. The number of benzene rings is 2. The number of esters is 1. The molecule has 6 heterocycles. The van der Waals surface area contributed by atoms with Crippen LogP contribution in [0.2, 0.25) is 5.02 Å². The molecule has 14 heteroatoms. The minimum absolute atomic E-state index is 0.157. The molecule has 0 spiro atoms. The molecule has 2 aliphatic heterocycles. The molecule has 0 saturated heterocycles. The molecular weight excluding hydrogens is 750 g/mol. The summed E-state index contributed by atoms with van der Waals surface area (Å²) in [7, 11) is 5.21. The molecular formula is C42H46ClN7O5S. The molecule has 12 nitrogen and oxygen atoms in total. The molecule has 0 unspecified atom stereocenters. The van der Waals surface area contributed by atoms with Crippen molar-refractivity contribution in [1.29, 1.82) is 0 Å². The van der Waals surface area contributed by atoms with Crippen LogP contribution in [0.25, 0.3) is 32.9 Å². The van der Waals surface area contributed by atoms with Gasteiger partial charge in [0.1, 0.15) is 22.6 Å².